The largest absolute Gasteiger partial charge is 0.495 e. The van der Waals surface area contributed by atoms with Crippen molar-refractivity contribution < 1.29 is 13.5 Å². The topological polar surface area (TPSA) is 60.2 Å². The second-order valence-corrected chi connectivity index (χ2v) is 7.28. The smallest absolute Gasteiger partial charge is 0.247 e. The molecule has 0 fully saturated rings. The Morgan fingerprint density at radius 1 is 1.00 bits per heavy atom. The van der Waals surface area contributed by atoms with Gasteiger partial charge in [-0.2, -0.15) is 0 Å². The van der Waals surface area contributed by atoms with Gasteiger partial charge >= 0.3 is 0 Å². The van der Waals surface area contributed by atoms with E-state index in [1.165, 1.54) is 12.1 Å². The number of benzene rings is 3. The molecular formula is C22H16Cl2FN3O2. The first-order chi connectivity index (χ1) is 14.5. The van der Waals surface area contributed by atoms with Gasteiger partial charge in [0.15, 0.2) is 0 Å². The molecule has 30 heavy (non-hydrogen) atoms. The number of methoxy groups -OCH3 is 1. The van der Waals surface area contributed by atoms with E-state index in [0.29, 0.717) is 27.2 Å². The molecule has 1 aromatic heterocycles. The van der Waals surface area contributed by atoms with Gasteiger partial charge in [-0.05, 0) is 54.1 Å². The van der Waals surface area contributed by atoms with Gasteiger partial charge in [-0.15, -0.1) is 10.2 Å². The summed E-state index contributed by atoms with van der Waals surface area (Å²) in [5.74, 6) is 0.713. The number of halogens is 3. The average molecular weight is 444 g/mol. The first-order valence-electron chi connectivity index (χ1n) is 8.98. The summed E-state index contributed by atoms with van der Waals surface area (Å²) in [4.78, 5) is 0. The monoisotopic (exact) mass is 443 g/mol. The first kappa shape index (κ1) is 20.2. The van der Waals surface area contributed by atoms with Crippen LogP contribution in [0.3, 0.4) is 0 Å². The van der Waals surface area contributed by atoms with E-state index >= 15 is 0 Å². The number of rotatable bonds is 6. The molecule has 0 radical (unpaired) electrons. The number of aromatic nitrogens is 2. The number of hydrogen-bond donors (Lipinski definition) is 1. The molecule has 1 atom stereocenters. The summed E-state index contributed by atoms with van der Waals surface area (Å²) >= 11 is 12.3. The maximum atomic E-state index is 13.6. The number of anilines is 1. The normalized spacial score (nSPS) is 11.9. The summed E-state index contributed by atoms with van der Waals surface area (Å²) in [6.45, 7) is 0. The van der Waals surface area contributed by atoms with E-state index in [9.17, 15) is 4.39 Å². The van der Waals surface area contributed by atoms with E-state index in [0.717, 1.165) is 11.3 Å². The van der Waals surface area contributed by atoms with Crippen LogP contribution >= 0.6 is 23.2 Å². The summed E-state index contributed by atoms with van der Waals surface area (Å²) < 4.78 is 24.7. The molecule has 0 saturated carbocycles. The van der Waals surface area contributed by atoms with E-state index in [1.807, 2.05) is 18.2 Å². The lowest BCUT2D eigenvalue weighted by molar-refractivity contribution is 0.415. The summed E-state index contributed by atoms with van der Waals surface area (Å²) in [7, 11) is 1.55. The summed E-state index contributed by atoms with van der Waals surface area (Å²) in [5, 5.41) is 12.7. The summed E-state index contributed by atoms with van der Waals surface area (Å²) in [6, 6.07) is 18.1. The fourth-order valence-electron chi connectivity index (χ4n) is 2.96. The van der Waals surface area contributed by atoms with E-state index in [1.54, 1.807) is 43.5 Å². The van der Waals surface area contributed by atoms with Crippen molar-refractivity contribution in [2.24, 2.45) is 0 Å². The highest BCUT2D eigenvalue weighted by Gasteiger charge is 2.22. The van der Waals surface area contributed by atoms with Gasteiger partial charge in [-0.3, -0.25) is 0 Å². The van der Waals surface area contributed by atoms with Gasteiger partial charge in [-0.25, -0.2) is 4.39 Å². The predicted octanol–water partition coefficient (Wildman–Crippen LogP) is 6.39. The Balaban J connectivity index is 1.71. The minimum atomic E-state index is -0.485. The van der Waals surface area contributed by atoms with Crippen LogP contribution in [0.4, 0.5) is 10.1 Å². The van der Waals surface area contributed by atoms with Gasteiger partial charge in [-0.1, -0.05) is 41.4 Å². The maximum absolute atomic E-state index is 13.6. The zero-order valence-electron chi connectivity index (χ0n) is 15.8. The van der Waals surface area contributed by atoms with Crippen molar-refractivity contribution in [3.63, 3.8) is 0 Å². The summed E-state index contributed by atoms with van der Waals surface area (Å²) in [6.07, 6.45) is 0. The fourth-order valence-corrected chi connectivity index (χ4v) is 3.34. The molecule has 8 heteroatoms. The molecule has 4 rings (SSSR count). The van der Waals surface area contributed by atoms with Gasteiger partial charge in [0.05, 0.1) is 12.1 Å². The molecular weight excluding hydrogens is 428 g/mol. The van der Waals surface area contributed by atoms with E-state index in [2.05, 4.69) is 15.5 Å². The second-order valence-electron chi connectivity index (χ2n) is 6.43. The van der Waals surface area contributed by atoms with Gasteiger partial charge in [0.2, 0.25) is 11.8 Å². The molecule has 3 aromatic carbocycles. The molecule has 0 saturated heterocycles. The van der Waals surface area contributed by atoms with Crippen LogP contribution in [-0.2, 0) is 0 Å². The number of nitrogens with one attached hydrogen (secondary N) is 1. The molecule has 0 bridgehead atoms. The Morgan fingerprint density at radius 3 is 2.50 bits per heavy atom. The zero-order valence-corrected chi connectivity index (χ0v) is 17.3. The van der Waals surface area contributed by atoms with Crippen LogP contribution in [0, 0.1) is 5.82 Å². The zero-order chi connectivity index (χ0) is 21.1. The van der Waals surface area contributed by atoms with Crippen LogP contribution < -0.4 is 10.1 Å². The Morgan fingerprint density at radius 2 is 1.80 bits per heavy atom. The minimum absolute atomic E-state index is 0.220. The van der Waals surface area contributed by atoms with Crippen LogP contribution in [0.15, 0.2) is 71.1 Å². The number of ether oxygens (including phenoxy) is 1. The minimum Gasteiger partial charge on any atom is -0.495 e. The predicted molar refractivity (Wildman–Crippen MR) is 115 cm³/mol. The molecule has 0 aliphatic heterocycles. The molecule has 152 valence electrons. The fraction of sp³-hybridized carbons (Fsp3) is 0.0909. The molecule has 0 aliphatic rings. The quantitative estimate of drug-likeness (QED) is 0.373. The van der Waals surface area contributed by atoms with E-state index < -0.39 is 6.04 Å². The van der Waals surface area contributed by atoms with Crippen molar-refractivity contribution in [2.45, 2.75) is 6.04 Å². The van der Waals surface area contributed by atoms with Gasteiger partial charge in [0.25, 0.3) is 0 Å². The second kappa shape index (κ2) is 8.73. The van der Waals surface area contributed by atoms with Crippen molar-refractivity contribution in [3.8, 4) is 17.2 Å². The third kappa shape index (κ3) is 4.40. The highest BCUT2D eigenvalue weighted by atomic mass is 35.5. The molecule has 0 unspecified atom stereocenters. The number of hydrogen-bond acceptors (Lipinski definition) is 5. The molecule has 5 nitrogen and oxygen atoms in total. The standard InChI is InChI=1S/C22H16Cl2FN3O2/c1-29-19-10-9-17(12-18(19)24)26-20(13-5-7-15(23)8-6-13)22-28-27-21(30-22)14-3-2-4-16(25)11-14/h2-12,20,26H,1H3/t20-/m1/s1. The Labute approximate surface area is 182 Å². The van der Waals surface area contributed by atoms with Crippen molar-refractivity contribution >= 4 is 28.9 Å². The molecule has 1 N–H and O–H groups in total. The van der Waals surface area contributed by atoms with Crippen molar-refractivity contribution in [3.05, 3.63) is 94.0 Å². The highest BCUT2D eigenvalue weighted by molar-refractivity contribution is 6.32. The van der Waals surface area contributed by atoms with Crippen molar-refractivity contribution in [2.75, 3.05) is 12.4 Å². The van der Waals surface area contributed by atoms with Crippen LogP contribution in [0.25, 0.3) is 11.5 Å². The Bertz CT molecular complexity index is 1170. The molecule has 0 amide bonds. The number of nitrogens with zero attached hydrogens (tertiary/aromatic N) is 2. The van der Waals surface area contributed by atoms with Gasteiger partial charge < -0.3 is 14.5 Å². The van der Waals surface area contributed by atoms with Gasteiger partial charge in [0, 0.05) is 16.3 Å². The van der Waals surface area contributed by atoms with Crippen LogP contribution in [0.1, 0.15) is 17.5 Å². The Hall–Kier alpha value is -3.09. The summed E-state index contributed by atoms with van der Waals surface area (Å²) in [5.41, 5.74) is 2.07. The average Bonchev–Trinajstić information content (AvgIpc) is 3.23. The van der Waals surface area contributed by atoms with Crippen molar-refractivity contribution in [1.82, 2.24) is 10.2 Å². The molecule has 0 spiro atoms. The lowest BCUT2D eigenvalue weighted by Gasteiger charge is -2.18. The van der Waals surface area contributed by atoms with Crippen molar-refractivity contribution in [1.29, 1.82) is 0 Å². The lowest BCUT2D eigenvalue weighted by Crippen LogP contribution is -2.13. The lowest BCUT2D eigenvalue weighted by atomic mass is 10.1. The third-order valence-electron chi connectivity index (χ3n) is 4.43. The van der Waals surface area contributed by atoms with Gasteiger partial charge in [0.1, 0.15) is 17.6 Å². The third-order valence-corrected chi connectivity index (χ3v) is 4.97. The maximum Gasteiger partial charge on any atom is 0.247 e. The highest BCUT2D eigenvalue weighted by Crippen LogP contribution is 2.32. The van der Waals surface area contributed by atoms with Crippen LogP contribution in [0.5, 0.6) is 5.75 Å². The van der Waals surface area contributed by atoms with E-state index in [4.69, 9.17) is 32.4 Å². The molecule has 1 heterocycles. The molecule has 4 aromatic rings. The Kier molecular flexibility index (Phi) is 5.88. The van der Waals surface area contributed by atoms with Crippen LogP contribution in [0.2, 0.25) is 10.0 Å². The first-order valence-corrected chi connectivity index (χ1v) is 9.74. The molecule has 0 aliphatic carbocycles. The van der Waals surface area contributed by atoms with E-state index in [-0.39, 0.29) is 11.7 Å². The van der Waals surface area contributed by atoms with Crippen LogP contribution in [-0.4, -0.2) is 17.3 Å². The SMILES string of the molecule is COc1ccc(N[C@H](c2ccc(Cl)cc2)c2nnc(-c3cccc(F)c3)o2)cc1Cl.